The molecule has 2 atom stereocenters. The number of nitrogens with zero attached hydrogens (tertiary/aromatic N) is 1. The minimum atomic E-state index is -3.95. The lowest BCUT2D eigenvalue weighted by Gasteiger charge is -2.30. The summed E-state index contributed by atoms with van der Waals surface area (Å²) in [4.78, 5) is 11.2. The highest BCUT2D eigenvalue weighted by Crippen LogP contribution is 2.15. The van der Waals surface area contributed by atoms with Gasteiger partial charge in [-0.15, -0.1) is 0 Å². The van der Waals surface area contributed by atoms with Crippen LogP contribution in [0.2, 0.25) is 0 Å². The topological polar surface area (TPSA) is 119 Å². The normalized spacial score (nSPS) is 13.8. The van der Waals surface area contributed by atoms with Crippen LogP contribution in [0.3, 0.4) is 0 Å². The second-order valence-electron chi connectivity index (χ2n) is 7.50. The van der Waals surface area contributed by atoms with Crippen molar-refractivity contribution in [2.45, 2.75) is 32.4 Å². The van der Waals surface area contributed by atoms with Crippen LogP contribution in [0.25, 0.3) is 0 Å². The highest BCUT2D eigenvalue weighted by molar-refractivity contribution is 7.90. The Morgan fingerprint density at radius 1 is 1.00 bits per heavy atom. The molecule has 0 unspecified atom stereocenters. The number of nitrogens with one attached hydrogen (secondary N) is 2. The Hall–Kier alpha value is -2.62. The Bertz CT molecular complexity index is 891. The van der Waals surface area contributed by atoms with Crippen molar-refractivity contribution in [2.24, 2.45) is 5.92 Å². The molecule has 164 valence electrons. The van der Waals surface area contributed by atoms with E-state index >= 15 is 0 Å². The second-order valence-corrected chi connectivity index (χ2v) is 9.17. The molecule has 0 radical (unpaired) electrons. The molecule has 0 heterocycles. The zero-order valence-corrected chi connectivity index (χ0v) is 17.9. The van der Waals surface area contributed by atoms with E-state index in [0.717, 1.165) is 9.87 Å². The molecular weight excluding hydrogens is 406 g/mol. The monoisotopic (exact) mass is 435 g/mol. The molecule has 9 heteroatoms. The fraction of sp³-hybridized carbons (Fsp3) is 0.381. The number of aliphatic hydroxyl groups is 1. The predicted octanol–water partition coefficient (Wildman–Crippen LogP) is 2.54. The van der Waals surface area contributed by atoms with Gasteiger partial charge >= 0.3 is 16.3 Å². The van der Waals surface area contributed by atoms with Crippen molar-refractivity contribution in [3.8, 4) is 0 Å². The number of carbonyl (C=O) groups is 1. The predicted molar refractivity (Wildman–Crippen MR) is 116 cm³/mol. The minimum Gasteiger partial charge on any atom is -0.465 e. The highest BCUT2D eigenvalue weighted by Gasteiger charge is 2.30. The molecule has 2 rings (SSSR count). The van der Waals surface area contributed by atoms with E-state index in [4.69, 9.17) is 0 Å². The molecule has 0 saturated carbocycles. The Morgan fingerprint density at radius 3 is 2.10 bits per heavy atom. The average molecular weight is 436 g/mol. The SMILES string of the molecule is CC(C)CN(C[C@@H](O)[C@H](Cc1ccccc1)NC(=O)O)S(=O)(=O)Nc1ccccc1. The van der Waals surface area contributed by atoms with Crippen molar-refractivity contribution in [3.05, 3.63) is 66.2 Å². The fourth-order valence-corrected chi connectivity index (χ4v) is 4.45. The standard InChI is InChI=1S/C21H29N3O5S/c1-16(2)14-24(30(28,29)23-18-11-7-4-8-12-18)15-20(25)19(22-21(26)27)13-17-9-5-3-6-10-17/h3-12,16,19-20,22-23,25H,13-15H2,1-2H3,(H,26,27)/t19-,20+/m0/s1. The number of anilines is 1. The van der Waals surface area contributed by atoms with Gasteiger partial charge < -0.3 is 15.5 Å². The van der Waals surface area contributed by atoms with Gasteiger partial charge in [-0.1, -0.05) is 62.4 Å². The molecule has 0 fully saturated rings. The third kappa shape index (κ3) is 7.66. The molecule has 0 aromatic heterocycles. The molecule has 8 nitrogen and oxygen atoms in total. The van der Waals surface area contributed by atoms with Crippen molar-refractivity contribution >= 4 is 22.0 Å². The van der Waals surface area contributed by atoms with Crippen LogP contribution < -0.4 is 10.0 Å². The van der Waals surface area contributed by atoms with Crippen LogP contribution in [0.4, 0.5) is 10.5 Å². The van der Waals surface area contributed by atoms with Gasteiger partial charge in [0, 0.05) is 18.8 Å². The Balaban J connectivity index is 2.19. The van der Waals surface area contributed by atoms with Crippen LogP contribution in [0, 0.1) is 5.92 Å². The summed E-state index contributed by atoms with van der Waals surface area (Å²) in [7, 11) is -3.95. The Morgan fingerprint density at radius 2 is 1.57 bits per heavy atom. The summed E-state index contributed by atoms with van der Waals surface area (Å²) >= 11 is 0. The highest BCUT2D eigenvalue weighted by atomic mass is 32.2. The molecule has 1 amide bonds. The molecule has 0 bridgehead atoms. The van der Waals surface area contributed by atoms with Crippen molar-refractivity contribution in [1.82, 2.24) is 9.62 Å². The van der Waals surface area contributed by atoms with E-state index in [1.807, 2.05) is 44.2 Å². The minimum absolute atomic E-state index is 0.00422. The number of hydrogen-bond acceptors (Lipinski definition) is 4. The van der Waals surface area contributed by atoms with E-state index in [9.17, 15) is 23.4 Å². The van der Waals surface area contributed by atoms with E-state index in [1.165, 1.54) is 0 Å². The first-order chi connectivity index (χ1) is 14.2. The molecule has 2 aromatic carbocycles. The Labute approximate surface area is 177 Å². The van der Waals surface area contributed by atoms with Gasteiger partial charge in [-0.2, -0.15) is 12.7 Å². The Kier molecular flexibility index (Phi) is 8.64. The summed E-state index contributed by atoms with van der Waals surface area (Å²) in [5.41, 5.74) is 1.24. The zero-order valence-electron chi connectivity index (χ0n) is 17.1. The first-order valence-corrected chi connectivity index (χ1v) is 11.2. The van der Waals surface area contributed by atoms with E-state index in [1.54, 1.807) is 30.3 Å². The summed E-state index contributed by atoms with van der Waals surface area (Å²) in [5.74, 6) is 0.00422. The molecule has 0 spiro atoms. The van der Waals surface area contributed by atoms with Crippen LogP contribution >= 0.6 is 0 Å². The van der Waals surface area contributed by atoms with Gasteiger partial charge in [-0.25, -0.2) is 4.79 Å². The summed E-state index contributed by atoms with van der Waals surface area (Å²) in [6, 6.07) is 16.7. The van der Waals surface area contributed by atoms with Crippen LogP contribution in [0.15, 0.2) is 60.7 Å². The first kappa shape index (κ1) is 23.7. The molecule has 0 saturated heterocycles. The van der Waals surface area contributed by atoms with E-state index in [2.05, 4.69) is 10.0 Å². The zero-order chi connectivity index (χ0) is 22.1. The van der Waals surface area contributed by atoms with Gasteiger partial charge in [0.1, 0.15) is 0 Å². The molecule has 30 heavy (non-hydrogen) atoms. The van der Waals surface area contributed by atoms with Crippen LogP contribution in [-0.2, 0) is 16.6 Å². The summed E-state index contributed by atoms with van der Waals surface area (Å²) in [6.45, 7) is 3.66. The van der Waals surface area contributed by atoms with Gasteiger partial charge in [0.25, 0.3) is 0 Å². The van der Waals surface area contributed by atoms with Gasteiger partial charge in [0.2, 0.25) is 0 Å². The van der Waals surface area contributed by atoms with Gasteiger partial charge in [-0.05, 0) is 30.0 Å². The lowest BCUT2D eigenvalue weighted by molar-refractivity contribution is 0.0982. The largest absolute Gasteiger partial charge is 0.465 e. The summed E-state index contributed by atoms with van der Waals surface area (Å²) in [6.07, 6.45) is -2.29. The first-order valence-electron chi connectivity index (χ1n) is 9.71. The molecular formula is C21H29N3O5S. The number of carboxylic acid groups (broad SMARTS) is 1. The maximum absolute atomic E-state index is 12.9. The van der Waals surface area contributed by atoms with E-state index in [-0.39, 0.29) is 25.4 Å². The molecule has 4 N–H and O–H groups in total. The molecule has 0 aliphatic rings. The molecule has 2 aromatic rings. The van der Waals surface area contributed by atoms with Gasteiger partial charge in [0.05, 0.1) is 12.1 Å². The van der Waals surface area contributed by atoms with Gasteiger partial charge in [-0.3, -0.25) is 4.72 Å². The average Bonchev–Trinajstić information content (AvgIpc) is 2.67. The maximum atomic E-state index is 12.9. The van der Waals surface area contributed by atoms with Crippen LogP contribution in [-0.4, -0.2) is 54.3 Å². The lowest BCUT2D eigenvalue weighted by Crippen LogP contribution is -2.51. The lowest BCUT2D eigenvalue weighted by atomic mass is 10.0. The fourth-order valence-electron chi connectivity index (χ4n) is 3.04. The second kappa shape index (κ2) is 11.0. The van der Waals surface area contributed by atoms with E-state index < -0.39 is 28.4 Å². The third-order valence-electron chi connectivity index (χ3n) is 4.39. The van der Waals surface area contributed by atoms with E-state index in [0.29, 0.717) is 5.69 Å². The van der Waals surface area contributed by atoms with Crippen molar-refractivity contribution in [1.29, 1.82) is 0 Å². The van der Waals surface area contributed by atoms with Crippen molar-refractivity contribution < 1.29 is 23.4 Å². The van der Waals surface area contributed by atoms with Crippen molar-refractivity contribution in [3.63, 3.8) is 0 Å². The summed E-state index contributed by atoms with van der Waals surface area (Å²) in [5, 5.41) is 22.3. The number of benzene rings is 2. The van der Waals surface area contributed by atoms with Crippen LogP contribution in [0.5, 0.6) is 0 Å². The molecule has 0 aliphatic carbocycles. The number of rotatable bonds is 11. The maximum Gasteiger partial charge on any atom is 0.404 e. The number of aliphatic hydroxyl groups excluding tert-OH is 1. The number of para-hydroxylation sites is 1. The quantitative estimate of drug-likeness (QED) is 0.432. The van der Waals surface area contributed by atoms with Gasteiger partial charge in [0.15, 0.2) is 0 Å². The number of amides is 1. The number of hydrogen-bond donors (Lipinski definition) is 4. The van der Waals surface area contributed by atoms with Crippen LogP contribution in [0.1, 0.15) is 19.4 Å². The smallest absolute Gasteiger partial charge is 0.404 e. The molecule has 0 aliphatic heterocycles. The van der Waals surface area contributed by atoms with Crippen molar-refractivity contribution in [2.75, 3.05) is 17.8 Å². The summed E-state index contributed by atoms with van der Waals surface area (Å²) < 4.78 is 29.5. The third-order valence-corrected chi connectivity index (χ3v) is 5.86.